The quantitative estimate of drug-likeness (QED) is 0.459. The molecule has 3 aromatic rings. The molecule has 1 heterocycles. The molecule has 3 aromatic carbocycles. The predicted octanol–water partition coefficient (Wildman–Crippen LogP) is 3.92. The van der Waals surface area contributed by atoms with Gasteiger partial charge in [0.2, 0.25) is 5.91 Å². The van der Waals surface area contributed by atoms with Gasteiger partial charge in [0.25, 0.3) is 5.91 Å². The van der Waals surface area contributed by atoms with E-state index in [1.165, 1.54) is 12.1 Å². The fourth-order valence-corrected chi connectivity index (χ4v) is 4.16. The Kier molecular flexibility index (Phi) is 7.10. The van der Waals surface area contributed by atoms with Gasteiger partial charge >= 0.3 is 6.03 Å². The average Bonchev–Trinajstić information content (AvgIpc) is 3.13. The number of ether oxygens (including phenoxy) is 1. The number of urea groups is 1. The second-order valence-electron chi connectivity index (χ2n) is 8.22. The normalized spacial score (nSPS) is 18.2. The molecule has 0 aliphatic carbocycles. The number of hydrogen-bond acceptors (Lipinski definition) is 4. The van der Waals surface area contributed by atoms with Crippen LogP contribution in [0.5, 0.6) is 5.75 Å². The Balaban J connectivity index is 1.49. The average molecular weight is 476 g/mol. The van der Waals surface area contributed by atoms with E-state index in [1.54, 1.807) is 55.5 Å². The molecule has 180 valence electrons. The lowest BCUT2D eigenvalue weighted by Gasteiger charge is -2.26. The molecule has 0 unspecified atom stereocenters. The number of carbonyl (C=O) groups excluding carboxylic acids is 3. The van der Waals surface area contributed by atoms with Gasteiger partial charge in [-0.3, -0.25) is 14.5 Å². The predicted molar refractivity (Wildman–Crippen MR) is 128 cm³/mol. The standard InChI is InChI=1S/C27H26FN3O4/c1-2-27(20-13-7-4-8-14-20)25(33)31(26(34)30-27)17-24(32)29-22(19-11-5-3-6-12-19)18-35-23-16-10-9-15-21(23)28/h3-16,22H,2,17-18H2,1H3,(H,29,32)(H,30,34)/t22-,27+/m1/s1. The van der Waals surface area contributed by atoms with E-state index in [1.807, 2.05) is 24.3 Å². The third-order valence-corrected chi connectivity index (χ3v) is 6.05. The molecule has 1 aliphatic rings. The van der Waals surface area contributed by atoms with Gasteiger partial charge in [0.15, 0.2) is 11.6 Å². The highest BCUT2D eigenvalue weighted by Crippen LogP contribution is 2.32. The highest BCUT2D eigenvalue weighted by Gasteiger charge is 2.51. The zero-order chi connectivity index (χ0) is 24.8. The summed E-state index contributed by atoms with van der Waals surface area (Å²) in [4.78, 5) is 39.9. The van der Waals surface area contributed by atoms with Crippen molar-refractivity contribution in [3.05, 3.63) is 102 Å². The Morgan fingerprint density at radius 3 is 2.29 bits per heavy atom. The zero-order valence-electron chi connectivity index (χ0n) is 19.2. The molecule has 4 rings (SSSR count). The Morgan fingerprint density at radius 1 is 1.00 bits per heavy atom. The van der Waals surface area contributed by atoms with Crippen molar-refractivity contribution in [3.63, 3.8) is 0 Å². The minimum Gasteiger partial charge on any atom is -0.488 e. The summed E-state index contributed by atoms with van der Waals surface area (Å²) >= 11 is 0. The van der Waals surface area contributed by atoms with Crippen LogP contribution in [0.3, 0.4) is 0 Å². The van der Waals surface area contributed by atoms with Crippen molar-refractivity contribution < 1.29 is 23.5 Å². The van der Waals surface area contributed by atoms with Crippen LogP contribution in [0.15, 0.2) is 84.9 Å². The van der Waals surface area contributed by atoms with Crippen LogP contribution >= 0.6 is 0 Å². The minimum absolute atomic E-state index is 0.0419. The van der Waals surface area contributed by atoms with Crippen molar-refractivity contribution in [1.29, 1.82) is 0 Å². The molecule has 2 atom stereocenters. The first-order chi connectivity index (χ1) is 16.9. The van der Waals surface area contributed by atoms with E-state index in [0.717, 1.165) is 10.5 Å². The molecule has 4 amide bonds. The van der Waals surface area contributed by atoms with E-state index in [4.69, 9.17) is 4.74 Å². The highest BCUT2D eigenvalue weighted by molar-refractivity contribution is 6.09. The first-order valence-corrected chi connectivity index (χ1v) is 11.4. The topological polar surface area (TPSA) is 87.7 Å². The number of para-hydroxylation sites is 1. The van der Waals surface area contributed by atoms with Gasteiger partial charge in [-0.2, -0.15) is 0 Å². The largest absolute Gasteiger partial charge is 0.488 e. The Bertz CT molecular complexity index is 1210. The smallest absolute Gasteiger partial charge is 0.325 e. The van der Waals surface area contributed by atoms with Gasteiger partial charge in [0.1, 0.15) is 18.7 Å². The van der Waals surface area contributed by atoms with Crippen molar-refractivity contribution in [3.8, 4) is 5.75 Å². The molecule has 1 saturated heterocycles. The fraction of sp³-hybridized carbons (Fsp3) is 0.222. The van der Waals surface area contributed by atoms with E-state index in [-0.39, 0.29) is 12.4 Å². The number of rotatable bonds is 9. The minimum atomic E-state index is -1.22. The van der Waals surface area contributed by atoms with Crippen molar-refractivity contribution in [2.75, 3.05) is 13.2 Å². The number of amides is 4. The number of carbonyl (C=O) groups is 3. The Labute approximate surface area is 202 Å². The summed E-state index contributed by atoms with van der Waals surface area (Å²) in [5, 5.41) is 5.58. The molecule has 0 aromatic heterocycles. The second-order valence-corrected chi connectivity index (χ2v) is 8.22. The van der Waals surface area contributed by atoms with Crippen LogP contribution in [0, 0.1) is 5.82 Å². The second kappa shape index (κ2) is 10.4. The van der Waals surface area contributed by atoms with Crippen molar-refractivity contribution in [2.45, 2.75) is 24.9 Å². The molecule has 1 fully saturated rings. The molecule has 0 bridgehead atoms. The maximum absolute atomic E-state index is 14.0. The van der Waals surface area contributed by atoms with E-state index < -0.39 is 41.8 Å². The first-order valence-electron chi connectivity index (χ1n) is 11.4. The van der Waals surface area contributed by atoms with Crippen LogP contribution in [-0.2, 0) is 15.1 Å². The summed E-state index contributed by atoms with van der Waals surface area (Å²) in [5.41, 5.74) is 0.177. The maximum atomic E-state index is 14.0. The lowest BCUT2D eigenvalue weighted by Crippen LogP contribution is -2.45. The fourth-order valence-electron chi connectivity index (χ4n) is 4.16. The summed E-state index contributed by atoms with van der Waals surface area (Å²) in [5.74, 6) is -1.47. The number of nitrogens with one attached hydrogen (secondary N) is 2. The van der Waals surface area contributed by atoms with Crippen LogP contribution in [0.4, 0.5) is 9.18 Å². The van der Waals surface area contributed by atoms with Crippen molar-refractivity contribution >= 4 is 17.8 Å². The van der Waals surface area contributed by atoms with Gasteiger partial charge in [-0.1, -0.05) is 79.7 Å². The lowest BCUT2D eigenvalue weighted by atomic mass is 9.87. The zero-order valence-corrected chi connectivity index (χ0v) is 19.2. The van der Waals surface area contributed by atoms with Crippen LogP contribution < -0.4 is 15.4 Å². The summed E-state index contributed by atoms with van der Waals surface area (Å²) in [6, 6.07) is 22.8. The van der Waals surface area contributed by atoms with Gasteiger partial charge in [-0.05, 0) is 29.7 Å². The molecular formula is C27H26FN3O4. The number of imide groups is 1. The molecule has 0 saturated carbocycles. The van der Waals surface area contributed by atoms with Gasteiger partial charge < -0.3 is 15.4 Å². The highest BCUT2D eigenvalue weighted by atomic mass is 19.1. The first kappa shape index (κ1) is 23.9. The van der Waals surface area contributed by atoms with E-state index >= 15 is 0 Å². The maximum Gasteiger partial charge on any atom is 0.325 e. The van der Waals surface area contributed by atoms with Gasteiger partial charge in [0, 0.05) is 0 Å². The number of nitrogens with zero attached hydrogens (tertiary/aromatic N) is 1. The van der Waals surface area contributed by atoms with Crippen LogP contribution in [0.25, 0.3) is 0 Å². The van der Waals surface area contributed by atoms with Gasteiger partial charge in [0.05, 0.1) is 6.04 Å². The van der Waals surface area contributed by atoms with Gasteiger partial charge in [-0.25, -0.2) is 9.18 Å². The molecular weight excluding hydrogens is 449 g/mol. The Hall–Kier alpha value is -4.20. The number of benzene rings is 3. The molecule has 7 nitrogen and oxygen atoms in total. The van der Waals surface area contributed by atoms with Crippen LogP contribution in [0.2, 0.25) is 0 Å². The monoisotopic (exact) mass is 475 g/mol. The molecule has 0 spiro atoms. The summed E-state index contributed by atoms with van der Waals surface area (Å²) in [6.45, 7) is 1.31. The van der Waals surface area contributed by atoms with E-state index in [2.05, 4.69) is 10.6 Å². The van der Waals surface area contributed by atoms with Crippen LogP contribution in [-0.4, -0.2) is 35.9 Å². The summed E-state index contributed by atoms with van der Waals surface area (Å²) in [7, 11) is 0. The van der Waals surface area contributed by atoms with E-state index in [9.17, 15) is 18.8 Å². The summed E-state index contributed by atoms with van der Waals surface area (Å²) in [6.07, 6.45) is 0.336. The molecule has 35 heavy (non-hydrogen) atoms. The number of halogens is 1. The third kappa shape index (κ3) is 5.01. The Morgan fingerprint density at radius 2 is 1.63 bits per heavy atom. The molecule has 0 radical (unpaired) electrons. The number of hydrogen-bond donors (Lipinski definition) is 2. The third-order valence-electron chi connectivity index (χ3n) is 6.05. The van der Waals surface area contributed by atoms with Crippen LogP contribution in [0.1, 0.15) is 30.5 Å². The molecule has 8 heteroatoms. The summed E-state index contributed by atoms with van der Waals surface area (Å²) < 4.78 is 19.6. The molecule has 2 N–H and O–H groups in total. The lowest BCUT2D eigenvalue weighted by molar-refractivity contribution is -0.135. The van der Waals surface area contributed by atoms with Crippen molar-refractivity contribution in [1.82, 2.24) is 15.5 Å². The van der Waals surface area contributed by atoms with Gasteiger partial charge in [-0.15, -0.1) is 0 Å². The van der Waals surface area contributed by atoms with Crippen molar-refractivity contribution in [2.24, 2.45) is 0 Å². The SMILES string of the molecule is CC[C@@]1(c2ccccc2)NC(=O)N(CC(=O)N[C@H](COc2ccccc2F)c2ccccc2)C1=O. The molecule has 1 aliphatic heterocycles. The van der Waals surface area contributed by atoms with E-state index in [0.29, 0.717) is 12.0 Å².